The predicted octanol–water partition coefficient (Wildman–Crippen LogP) is 11.5. The van der Waals surface area contributed by atoms with Gasteiger partial charge in [-0.3, -0.25) is 0 Å². The van der Waals surface area contributed by atoms with Crippen LogP contribution in [0.3, 0.4) is 0 Å². The molecule has 7 aromatic carbocycles. The zero-order valence-corrected chi connectivity index (χ0v) is 23.4. The molecular weight excluding hydrogens is 526 g/mol. The van der Waals surface area contributed by atoms with Crippen LogP contribution in [0.25, 0.3) is 33.0 Å². The molecule has 0 bridgehead atoms. The molecule has 0 amide bonds. The number of hydrogen-bond donors (Lipinski definition) is 0. The minimum Gasteiger partial charge on any atom is -0.453 e. The first-order valence-corrected chi connectivity index (χ1v) is 14.4. The van der Waals surface area contributed by atoms with Gasteiger partial charge in [0.15, 0.2) is 11.5 Å². The van der Waals surface area contributed by atoms with E-state index in [4.69, 9.17) is 9.47 Å². The molecule has 0 N–H and O–H groups in total. The van der Waals surface area contributed by atoms with E-state index < -0.39 is 0 Å². The Balaban J connectivity index is 1.22. The third-order valence-corrected chi connectivity index (χ3v) is 7.92. The maximum absolute atomic E-state index is 6.54. The van der Waals surface area contributed by atoms with Gasteiger partial charge in [0.05, 0.1) is 11.1 Å². The molecule has 204 valence electrons. The highest BCUT2D eigenvalue weighted by Gasteiger charge is 2.21. The van der Waals surface area contributed by atoms with Crippen LogP contribution in [0.5, 0.6) is 23.0 Å². The van der Waals surface area contributed by atoms with Crippen molar-refractivity contribution in [2.24, 2.45) is 0 Å². The van der Waals surface area contributed by atoms with Gasteiger partial charge < -0.3 is 14.4 Å². The molecule has 8 rings (SSSR count). The van der Waals surface area contributed by atoms with Crippen LogP contribution in [0.1, 0.15) is 0 Å². The van der Waals surface area contributed by atoms with Crippen LogP contribution in [0.15, 0.2) is 164 Å². The third-order valence-electron chi connectivity index (χ3n) is 7.92. The lowest BCUT2D eigenvalue weighted by Crippen LogP contribution is -2.10. The lowest BCUT2D eigenvalue weighted by atomic mass is 10.0. The van der Waals surface area contributed by atoms with E-state index in [1.165, 1.54) is 22.3 Å². The van der Waals surface area contributed by atoms with Gasteiger partial charge in [0.2, 0.25) is 0 Å². The van der Waals surface area contributed by atoms with E-state index in [1.807, 2.05) is 42.5 Å². The molecule has 0 spiro atoms. The van der Waals surface area contributed by atoms with Gasteiger partial charge in [-0.2, -0.15) is 0 Å². The highest BCUT2D eigenvalue weighted by molar-refractivity contribution is 5.95. The van der Waals surface area contributed by atoms with E-state index in [1.54, 1.807) is 0 Å². The molecule has 0 atom stereocenters. The average Bonchev–Trinajstić information content (AvgIpc) is 3.24. The molecule has 0 saturated carbocycles. The van der Waals surface area contributed by atoms with Gasteiger partial charge in [0.25, 0.3) is 0 Å². The summed E-state index contributed by atoms with van der Waals surface area (Å²) in [6, 6.07) is 56.7. The van der Waals surface area contributed by atoms with Gasteiger partial charge >= 0.3 is 0 Å². The van der Waals surface area contributed by atoms with Crippen molar-refractivity contribution in [3.63, 3.8) is 0 Å². The highest BCUT2D eigenvalue weighted by atomic mass is 16.5. The van der Waals surface area contributed by atoms with Crippen LogP contribution < -0.4 is 14.4 Å². The maximum Gasteiger partial charge on any atom is 0.172 e. The molecule has 1 aliphatic heterocycles. The first-order valence-electron chi connectivity index (χ1n) is 14.4. The zero-order valence-electron chi connectivity index (χ0n) is 23.4. The Morgan fingerprint density at radius 2 is 0.791 bits per heavy atom. The number of hydrogen-bond acceptors (Lipinski definition) is 3. The molecule has 1 heterocycles. The largest absolute Gasteiger partial charge is 0.453 e. The zero-order chi connectivity index (χ0) is 28.6. The molecule has 0 unspecified atom stereocenters. The van der Waals surface area contributed by atoms with Crippen LogP contribution in [-0.2, 0) is 0 Å². The maximum atomic E-state index is 6.54. The number of nitrogens with zero attached hydrogens (tertiary/aromatic N) is 1. The minimum absolute atomic E-state index is 0.674. The molecule has 7 aromatic rings. The van der Waals surface area contributed by atoms with Gasteiger partial charge in [0, 0.05) is 17.4 Å². The molecule has 43 heavy (non-hydrogen) atoms. The molecular formula is C40H27NO2. The molecule has 0 fully saturated rings. The Morgan fingerprint density at radius 1 is 0.326 bits per heavy atom. The molecule has 1 aliphatic rings. The van der Waals surface area contributed by atoms with Crippen LogP contribution in [0, 0.1) is 0 Å². The van der Waals surface area contributed by atoms with E-state index in [9.17, 15) is 0 Å². The van der Waals surface area contributed by atoms with Crippen molar-refractivity contribution in [3.8, 4) is 45.3 Å². The second-order valence-electron chi connectivity index (χ2n) is 10.6. The quantitative estimate of drug-likeness (QED) is 0.212. The smallest absolute Gasteiger partial charge is 0.172 e. The summed E-state index contributed by atoms with van der Waals surface area (Å²) >= 11 is 0. The molecule has 0 aliphatic carbocycles. The van der Waals surface area contributed by atoms with Crippen LogP contribution in [0.2, 0.25) is 0 Å². The van der Waals surface area contributed by atoms with Gasteiger partial charge in [-0.15, -0.1) is 0 Å². The highest BCUT2D eigenvalue weighted by Crippen LogP contribution is 2.48. The number of rotatable bonds is 5. The predicted molar refractivity (Wildman–Crippen MR) is 176 cm³/mol. The topological polar surface area (TPSA) is 21.7 Å². The van der Waals surface area contributed by atoms with E-state index in [-0.39, 0.29) is 0 Å². The van der Waals surface area contributed by atoms with Gasteiger partial charge in [-0.05, 0) is 76.2 Å². The molecule has 0 aromatic heterocycles. The standard InChI is InChI=1S/C40H27NO2/c1-3-9-28(10-4-1)30-17-21-33(22-18-30)41(34-23-19-31(20-24-34)29-11-5-2-6-12-29)35-25-26-36-39(27-35)43-38-16-8-14-32-13-7-15-37(42-36)40(32)38/h1-27H. The summed E-state index contributed by atoms with van der Waals surface area (Å²) in [6.45, 7) is 0. The number of benzene rings is 7. The Bertz CT molecular complexity index is 1960. The second-order valence-corrected chi connectivity index (χ2v) is 10.6. The summed E-state index contributed by atoms with van der Waals surface area (Å²) in [7, 11) is 0. The number of ether oxygens (including phenoxy) is 2. The van der Waals surface area contributed by atoms with Crippen LogP contribution in [-0.4, -0.2) is 0 Å². The summed E-state index contributed by atoms with van der Waals surface area (Å²) in [5.41, 5.74) is 7.80. The lowest BCUT2D eigenvalue weighted by molar-refractivity contribution is 0.439. The van der Waals surface area contributed by atoms with Crippen molar-refractivity contribution in [1.82, 2.24) is 0 Å². The van der Waals surface area contributed by atoms with E-state index in [0.29, 0.717) is 11.5 Å². The summed E-state index contributed by atoms with van der Waals surface area (Å²) in [4.78, 5) is 2.26. The molecule has 0 radical (unpaired) electrons. The third kappa shape index (κ3) is 4.67. The second kappa shape index (κ2) is 10.6. The van der Waals surface area contributed by atoms with Gasteiger partial charge in [-0.1, -0.05) is 109 Å². The Morgan fingerprint density at radius 3 is 1.33 bits per heavy atom. The molecule has 3 heteroatoms. The monoisotopic (exact) mass is 553 g/mol. The first-order chi connectivity index (χ1) is 21.3. The summed E-state index contributed by atoms with van der Waals surface area (Å²) in [5.74, 6) is 2.94. The lowest BCUT2D eigenvalue weighted by Gasteiger charge is -2.26. The Kier molecular flexibility index (Phi) is 6.12. The fourth-order valence-electron chi connectivity index (χ4n) is 5.79. The van der Waals surface area contributed by atoms with E-state index in [2.05, 4.69) is 126 Å². The van der Waals surface area contributed by atoms with E-state index >= 15 is 0 Å². The van der Waals surface area contributed by atoms with Gasteiger partial charge in [-0.25, -0.2) is 0 Å². The summed E-state index contributed by atoms with van der Waals surface area (Å²) in [5, 5.41) is 2.06. The van der Waals surface area contributed by atoms with Crippen molar-refractivity contribution >= 4 is 27.8 Å². The fourth-order valence-corrected chi connectivity index (χ4v) is 5.79. The van der Waals surface area contributed by atoms with Crippen molar-refractivity contribution in [2.75, 3.05) is 4.90 Å². The normalized spacial score (nSPS) is 11.6. The summed E-state index contributed by atoms with van der Waals surface area (Å²) < 4.78 is 12.9. The van der Waals surface area contributed by atoms with Crippen molar-refractivity contribution in [3.05, 3.63) is 164 Å². The van der Waals surface area contributed by atoms with Crippen LogP contribution in [0.4, 0.5) is 17.1 Å². The Labute approximate surface area is 250 Å². The number of fused-ring (bicyclic) bond motifs is 1. The Hall–Kier alpha value is -5.80. The average molecular weight is 554 g/mol. The van der Waals surface area contributed by atoms with Crippen molar-refractivity contribution < 1.29 is 9.47 Å². The van der Waals surface area contributed by atoms with Gasteiger partial charge in [0.1, 0.15) is 11.5 Å². The van der Waals surface area contributed by atoms with Crippen LogP contribution >= 0.6 is 0 Å². The SMILES string of the molecule is c1ccc(-c2ccc(N(c3ccc(-c4ccccc4)cc3)c3ccc4c(c3)Oc3cccc5cccc(c35)O4)cc2)cc1. The molecule has 0 saturated heterocycles. The first kappa shape index (κ1) is 25.0. The van der Waals surface area contributed by atoms with E-state index in [0.717, 1.165) is 39.3 Å². The minimum atomic E-state index is 0.674. The fraction of sp³-hybridized carbons (Fsp3) is 0. The summed E-state index contributed by atoms with van der Waals surface area (Å²) in [6.07, 6.45) is 0. The molecule has 3 nitrogen and oxygen atoms in total. The number of anilines is 3. The van der Waals surface area contributed by atoms with Crippen molar-refractivity contribution in [1.29, 1.82) is 0 Å². The van der Waals surface area contributed by atoms with Crippen molar-refractivity contribution in [2.45, 2.75) is 0 Å².